The Morgan fingerprint density at radius 1 is 1.43 bits per heavy atom. The highest BCUT2D eigenvalue weighted by atomic mass is 32.2. The number of thioether (sulfide) groups is 1. The lowest BCUT2D eigenvalue weighted by molar-refractivity contribution is -0.129. The van der Waals surface area contributed by atoms with Crippen LogP contribution in [0.4, 0.5) is 0 Å². The Bertz CT molecular complexity index is 693. The third-order valence-electron chi connectivity index (χ3n) is 4.70. The molecule has 4 rings (SSSR count). The average Bonchev–Trinajstić information content (AvgIpc) is 3.25. The standard InChI is InChI=1S/C16H21N5OS/c1-20(9-14-12-4-2-5-13(12)18-19-14)15(22)8-11-10-23-16-17-6-3-7-21(11)16/h10H,2-9H2,1H3,(H,18,19). The molecule has 122 valence electrons. The molecule has 7 heteroatoms. The van der Waals surface area contributed by atoms with Crippen molar-refractivity contribution in [1.29, 1.82) is 0 Å². The third-order valence-corrected chi connectivity index (χ3v) is 5.65. The van der Waals surface area contributed by atoms with Crippen LogP contribution in [-0.2, 0) is 24.2 Å². The molecule has 3 aliphatic rings. The molecule has 0 fully saturated rings. The van der Waals surface area contributed by atoms with Crippen LogP contribution in [-0.4, -0.2) is 51.2 Å². The number of nitrogens with zero attached hydrogens (tertiary/aromatic N) is 4. The minimum absolute atomic E-state index is 0.137. The first-order chi connectivity index (χ1) is 11.2. The summed E-state index contributed by atoms with van der Waals surface area (Å²) in [6, 6.07) is 0. The fourth-order valence-electron chi connectivity index (χ4n) is 3.39. The quantitative estimate of drug-likeness (QED) is 0.915. The summed E-state index contributed by atoms with van der Waals surface area (Å²) < 4.78 is 0. The van der Waals surface area contributed by atoms with E-state index >= 15 is 0 Å². The second-order valence-electron chi connectivity index (χ2n) is 6.30. The van der Waals surface area contributed by atoms with Crippen LogP contribution >= 0.6 is 11.8 Å². The highest BCUT2D eigenvalue weighted by Gasteiger charge is 2.27. The highest BCUT2D eigenvalue weighted by Crippen LogP contribution is 2.31. The summed E-state index contributed by atoms with van der Waals surface area (Å²) >= 11 is 1.64. The number of carbonyl (C=O) groups is 1. The minimum atomic E-state index is 0.137. The molecule has 23 heavy (non-hydrogen) atoms. The number of nitrogens with one attached hydrogen (secondary N) is 1. The Morgan fingerprint density at radius 2 is 2.35 bits per heavy atom. The molecule has 2 aliphatic heterocycles. The van der Waals surface area contributed by atoms with Crippen molar-refractivity contribution in [2.45, 2.75) is 38.6 Å². The second-order valence-corrected chi connectivity index (χ2v) is 7.14. The zero-order valence-electron chi connectivity index (χ0n) is 13.3. The molecule has 3 heterocycles. The van der Waals surface area contributed by atoms with E-state index in [1.165, 1.54) is 17.7 Å². The molecular formula is C16H21N5OS. The van der Waals surface area contributed by atoms with Crippen LogP contribution < -0.4 is 0 Å². The number of fused-ring (bicyclic) bond motifs is 2. The van der Waals surface area contributed by atoms with E-state index in [2.05, 4.69) is 25.5 Å². The molecule has 0 saturated heterocycles. The normalized spacial score (nSPS) is 19.3. The van der Waals surface area contributed by atoms with Gasteiger partial charge in [-0.05, 0) is 36.7 Å². The van der Waals surface area contributed by atoms with Crippen molar-refractivity contribution in [2.24, 2.45) is 4.99 Å². The number of hydrogen-bond acceptors (Lipinski definition) is 5. The van der Waals surface area contributed by atoms with E-state index in [1.807, 2.05) is 7.05 Å². The summed E-state index contributed by atoms with van der Waals surface area (Å²) in [7, 11) is 1.87. The Morgan fingerprint density at radius 3 is 3.26 bits per heavy atom. The van der Waals surface area contributed by atoms with E-state index < -0.39 is 0 Å². The van der Waals surface area contributed by atoms with Crippen LogP contribution in [0, 0.1) is 0 Å². The molecular weight excluding hydrogens is 310 g/mol. The van der Waals surface area contributed by atoms with Crippen molar-refractivity contribution in [3.05, 3.63) is 28.1 Å². The number of amidine groups is 1. The zero-order valence-corrected chi connectivity index (χ0v) is 14.2. The van der Waals surface area contributed by atoms with Crippen LogP contribution in [0.5, 0.6) is 0 Å². The van der Waals surface area contributed by atoms with E-state index in [4.69, 9.17) is 0 Å². The molecule has 0 radical (unpaired) electrons. The maximum atomic E-state index is 12.6. The van der Waals surface area contributed by atoms with Crippen LogP contribution in [0.3, 0.4) is 0 Å². The molecule has 1 amide bonds. The molecule has 0 unspecified atom stereocenters. The second kappa shape index (κ2) is 6.03. The van der Waals surface area contributed by atoms with Gasteiger partial charge < -0.3 is 9.80 Å². The Balaban J connectivity index is 1.39. The van der Waals surface area contributed by atoms with Gasteiger partial charge in [0.15, 0.2) is 5.17 Å². The molecule has 1 N–H and O–H groups in total. The monoisotopic (exact) mass is 331 g/mol. The van der Waals surface area contributed by atoms with Crippen LogP contribution in [0.25, 0.3) is 0 Å². The van der Waals surface area contributed by atoms with Crippen molar-refractivity contribution in [3.8, 4) is 0 Å². The lowest BCUT2D eigenvalue weighted by Gasteiger charge is -2.26. The molecule has 1 aliphatic carbocycles. The first-order valence-corrected chi connectivity index (χ1v) is 9.07. The SMILES string of the molecule is CN(Cc1n[nH]c2c1CCC2)C(=O)CC1=CSC2=NCCCN12. The van der Waals surface area contributed by atoms with Crippen LogP contribution in [0.15, 0.2) is 16.1 Å². The lowest BCUT2D eigenvalue weighted by Crippen LogP contribution is -2.33. The van der Waals surface area contributed by atoms with Gasteiger partial charge in [-0.25, -0.2) is 0 Å². The predicted octanol–water partition coefficient (Wildman–Crippen LogP) is 1.90. The first-order valence-electron chi connectivity index (χ1n) is 8.19. The number of amides is 1. The maximum absolute atomic E-state index is 12.6. The summed E-state index contributed by atoms with van der Waals surface area (Å²) in [5, 5.41) is 10.6. The summed E-state index contributed by atoms with van der Waals surface area (Å²) in [5.74, 6) is 0.137. The lowest BCUT2D eigenvalue weighted by atomic mass is 10.2. The molecule has 0 atom stereocenters. The number of H-pyrrole nitrogens is 1. The summed E-state index contributed by atoms with van der Waals surface area (Å²) in [4.78, 5) is 21.1. The molecule has 1 aromatic heterocycles. The van der Waals surface area contributed by atoms with Crippen LogP contribution in [0.1, 0.15) is 36.2 Å². The van der Waals surface area contributed by atoms with Gasteiger partial charge in [0.1, 0.15) is 0 Å². The Hall–Kier alpha value is -1.76. The van der Waals surface area contributed by atoms with E-state index in [0.29, 0.717) is 13.0 Å². The molecule has 6 nitrogen and oxygen atoms in total. The Kier molecular flexibility index (Phi) is 3.88. The predicted molar refractivity (Wildman–Crippen MR) is 91.0 cm³/mol. The van der Waals surface area contributed by atoms with Gasteiger partial charge in [-0.15, -0.1) is 0 Å². The number of rotatable bonds is 4. The fraction of sp³-hybridized carbons (Fsp3) is 0.562. The molecule has 0 saturated carbocycles. The third kappa shape index (κ3) is 2.78. The van der Waals surface area contributed by atoms with Gasteiger partial charge in [0.2, 0.25) is 5.91 Å². The van der Waals surface area contributed by atoms with Crippen molar-refractivity contribution in [1.82, 2.24) is 20.0 Å². The van der Waals surface area contributed by atoms with Gasteiger partial charge in [0, 0.05) is 31.5 Å². The minimum Gasteiger partial charge on any atom is -0.339 e. The Labute approximate surface area is 140 Å². The number of aromatic nitrogens is 2. The zero-order chi connectivity index (χ0) is 15.8. The first kappa shape index (κ1) is 14.8. The smallest absolute Gasteiger partial charge is 0.228 e. The van der Waals surface area contributed by atoms with Gasteiger partial charge in [-0.2, -0.15) is 5.10 Å². The molecule has 0 aromatic carbocycles. The molecule has 0 bridgehead atoms. The largest absolute Gasteiger partial charge is 0.339 e. The van der Waals surface area contributed by atoms with Gasteiger partial charge in [-0.1, -0.05) is 11.8 Å². The van der Waals surface area contributed by atoms with Gasteiger partial charge in [-0.3, -0.25) is 14.9 Å². The topological polar surface area (TPSA) is 64.6 Å². The number of aromatic amines is 1. The van der Waals surface area contributed by atoms with Gasteiger partial charge >= 0.3 is 0 Å². The highest BCUT2D eigenvalue weighted by molar-refractivity contribution is 8.16. The van der Waals surface area contributed by atoms with Crippen molar-refractivity contribution in [2.75, 3.05) is 20.1 Å². The number of carbonyl (C=O) groups excluding carboxylic acids is 1. The van der Waals surface area contributed by atoms with Crippen LogP contribution in [0.2, 0.25) is 0 Å². The average molecular weight is 331 g/mol. The van der Waals surface area contributed by atoms with E-state index in [9.17, 15) is 4.79 Å². The van der Waals surface area contributed by atoms with E-state index in [-0.39, 0.29) is 5.91 Å². The van der Waals surface area contributed by atoms with Crippen molar-refractivity contribution in [3.63, 3.8) is 0 Å². The number of aryl methyl sites for hydroxylation is 1. The summed E-state index contributed by atoms with van der Waals surface area (Å²) in [5.41, 5.74) is 4.69. The maximum Gasteiger partial charge on any atom is 0.228 e. The summed E-state index contributed by atoms with van der Waals surface area (Å²) in [6.45, 7) is 2.46. The van der Waals surface area contributed by atoms with Crippen molar-refractivity contribution < 1.29 is 4.79 Å². The van der Waals surface area contributed by atoms with Crippen molar-refractivity contribution >= 4 is 22.8 Å². The number of hydrogen-bond donors (Lipinski definition) is 1. The van der Waals surface area contributed by atoms with E-state index in [0.717, 1.165) is 48.9 Å². The summed E-state index contributed by atoms with van der Waals surface area (Å²) in [6.07, 6.45) is 4.86. The molecule has 1 aromatic rings. The van der Waals surface area contributed by atoms with E-state index in [1.54, 1.807) is 16.7 Å². The van der Waals surface area contributed by atoms with Gasteiger partial charge in [0.05, 0.1) is 18.7 Å². The van der Waals surface area contributed by atoms with Gasteiger partial charge in [0.25, 0.3) is 0 Å². The fourth-order valence-corrected chi connectivity index (χ4v) is 4.35. The molecule has 0 spiro atoms. The number of aliphatic imine (C=N–C) groups is 1.